The van der Waals surface area contributed by atoms with Crippen molar-refractivity contribution in [3.05, 3.63) is 47.5 Å². The molecule has 0 radical (unpaired) electrons. The van der Waals surface area contributed by atoms with Gasteiger partial charge in [-0.05, 0) is 42.3 Å². The first-order valence-corrected chi connectivity index (χ1v) is 10.2. The molecule has 0 fully saturated rings. The van der Waals surface area contributed by atoms with Gasteiger partial charge in [-0.3, -0.25) is 4.79 Å². The number of hydrogen-bond acceptors (Lipinski definition) is 6. The van der Waals surface area contributed by atoms with Crippen LogP contribution in [0.3, 0.4) is 0 Å². The molecule has 1 amide bonds. The summed E-state index contributed by atoms with van der Waals surface area (Å²) in [4.78, 5) is 12.2. The molecular weight excluding hydrogens is 368 g/mol. The lowest BCUT2D eigenvalue weighted by Gasteiger charge is -2.15. The van der Waals surface area contributed by atoms with Gasteiger partial charge in [-0.15, -0.1) is 0 Å². The summed E-state index contributed by atoms with van der Waals surface area (Å²) in [6.07, 6.45) is 1.12. The third-order valence-electron chi connectivity index (χ3n) is 3.89. The third-order valence-corrected chi connectivity index (χ3v) is 4.99. The number of amides is 1. The predicted octanol–water partition coefficient (Wildman–Crippen LogP) is 2.14. The molecule has 7 nitrogen and oxygen atoms in total. The van der Waals surface area contributed by atoms with Crippen LogP contribution in [-0.2, 0) is 21.2 Å². The summed E-state index contributed by atoms with van der Waals surface area (Å²) in [5.74, 6) is 0.723. The van der Waals surface area contributed by atoms with Gasteiger partial charge >= 0.3 is 0 Å². The van der Waals surface area contributed by atoms with Gasteiger partial charge in [0, 0.05) is 12.8 Å². The zero-order chi connectivity index (χ0) is 20.0. The van der Waals surface area contributed by atoms with Gasteiger partial charge < -0.3 is 20.1 Å². The smallest absolute Gasteiger partial charge is 0.239 e. The number of ether oxygens (including phenoxy) is 2. The summed E-state index contributed by atoms with van der Waals surface area (Å²) in [7, 11) is -0.465. The van der Waals surface area contributed by atoms with E-state index >= 15 is 0 Å². The highest BCUT2D eigenvalue weighted by Crippen LogP contribution is 2.33. The molecule has 2 N–H and O–H groups in total. The first-order valence-electron chi connectivity index (χ1n) is 8.26. The number of carbonyl (C=O) groups excluding carboxylic acids is 1. The van der Waals surface area contributed by atoms with Crippen LogP contribution < -0.4 is 20.1 Å². The van der Waals surface area contributed by atoms with E-state index in [0.717, 1.165) is 23.1 Å². The van der Waals surface area contributed by atoms with E-state index < -0.39 is 9.84 Å². The Bertz CT molecular complexity index is 908. The van der Waals surface area contributed by atoms with Crippen LogP contribution in [0.2, 0.25) is 0 Å². The van der Waals surface area contributed by atoms with Crippen molar-refractivity contribution in [3.8, 4) is 11.5 Å². The lowest BCUT2D eigenvalue weighted by atomic mass is 10.2. The molecule has 0 spiro atoms. The second-order valence-corrected chi connectivity index (χ2v) is 8.08. The highest BCUT2D eigenvalue weighted by molar-refractivity contribution is 7.90. The van der Waals surface area contributed by atoms with Crippen molar-refractivity contribution < 1.29 is 22.7 Å². The number of nitrogens with one attached hydrogen (secondary N) is 2. The number of benzene rings is 2. The van der Waals surface area contributed by atoms with Crippen molar-refractivity contribution in [1.29, 1.82) is 0 Å². The Morgan fingerprint density at radius 3 is 2.30 bits per heavy atom. The van der Waals surface area contributed by atoms with E-state index in [1.165, 1.54) is 7.11 Å². The molecule has 0 atom stereocenters. The Balaban J connectivity index is 2.02. The number of anilines is 1. The summed E-state index contributed by atoms with van der Waals surface area (Å²) < 4.78 is 34.3. The van der Waals surface area contributed by atoms with Crippen LogP contribution >= 0.6 is 0 Å². The molecule has 0 unspecified atom stereocenters. The highest BCUT2D eigenvalue weighted by atomic mass is 32.2. The lowest BCUT2D eigenvalue weighted by Crippen LogP contribution is -2.29. The van der Waals surface area contributed by atoms with Gasteiger partial charge in [0.15, 0.2) is 15.6 Å². The Hall–Kier alpha value is -2.74. The monoisotopic (exact) mass is 392 g/mol. The zero-order valence-electron chi connectivity index (χ0n) is 15.8. The van der Waals surface area contributed by atoms with Crippen LogP contribution in [0.1, 0.15) is 11.1 Å². The Morgan fingerprint density at radius 2 is 1.74 bits per heavy atom. The molecule has 0 aliphatic heterocycles. The molecule has 8 heteroatoms. The fourth-order valence-corrected chi connectivity index (χ4v) is 3.47. The maximum absolute atomic E-state index is 12.1. The SMILES string of the molecule is COc1ccc(CNC(=O)CNc2cc(C)cc(S(C)(=O)=O)c2OC)cc1. The van der Waals surface area contributed by atoms with E-state index in [0.29, 0.717) is 12.2 Å². The zero-order valence-corrected chi connectivity index (χ0v) is 16.6. The van der Waals surface area contributed by atoms with Gasteiger partial charge in [0.1, 0.15) is 10.6 Å². The van der Waals surface area contributed by atoms with Gasteiger partial charge in [0.2, 0.25) is 5.91 Å². The molecule has 0 bridgehead atoms. The summed E-state index contributed by atoms with van der Waals surface area (Å²) in [6.45, 7) is 2.15. The number of carbonyl (C=O) groups is 1. The Morgan fingerprint density at radius 1 is 1.07 bits per heavy atom. The van der Waals surface area contributed by atoms with E-state index in [1.54, 1.807) is 26.2 Å². The molecule has 146 valence electrons. The summed E-state index contributed by atoms with van der Waals surface area (Å²) in [6, 6.07) is 10.7. The second kappa shape index (κ2) is 8.77. The fourth-order valence-electron chi connectivity index (χ4n) is 2.54. The average molecular weight is 392 g/mol. The summed E-state index contributed by atoms with van der Waals surface area (Å²) >= 11 is 0. The maximum Gasteiger partial charge on any atom is 0.239 e. The van der Waals surface area contributed by atoms with Crippen LogP contribution in [0.15, 0.2) is 41.3 Å². The summed E-state index contributed by atoms with van der Waals surface area (Å²) in [5, 5.41) is 5.75. The lowest BCUT2D eigenvalue weighted by molar-refractivity contribution is -0.119. The minimum atomic E-state index is -3.46. The number of aryl methyl sites for hydroxylation is 1. The van der Waals surface area contributed by atoms with E-state index in [9.17, 15) is 13.2 Å². The molecule has 2 rings (SSSR count). The largest absolute Gasteiger partial charge is 0.497 e. The van der Waals surface area contributed by atoms with Crippen LogP contribution in [0.5, 0.6) is 11.5 Å². The Labute approximate surface area is 159 Å². The van der Waals surface area contributed by atoms with Crippen LogP contribution in [-0.4, -0.2) is 41.3 Å². The van der Waals surface area contributed by atoms with Gasteiger partial charge in [0.25, 0.3) is 0 Å². The molecule has 0 aliphatic rings. The van der Waals surface area contributed by atoms with Crippen molar-refractivity contribution >= 4 is 21.4 Å². The molecule has 0 heterocycles. The third kappa shape index (κ3) is 5.62. The van der Waals surface area contributed by atoms with Crippen molar-refractivity contribution in [3.63, 3.8) is 0 Å². The number of methoxy groups -OCH3 is 2. The number of rotatable bonds is 8. The molecule has 0 aromatic heterocycles. The van der Waals surface area contributed by atoms with Gasteiger partial charge in [-0.25, -0.2) is 8.42 Å². The quantitative estimate of drug-likeness (QED) is 0.715. The van der Waals surface area contributed by atoms with E-state index in [1.807, 2.05) is 24.3 Å². The molecule has 0 aliphatic carbocycles. The topological polar surface area (TPSA) is 93.7 Å². The fraction of sp³-hybridized carbons (Fsp3) is 0.316. The number of sulfone groups is 1. The van der Waals surface area contributed by atoms with E-state index in [4.69, 9.17) is 9.47 Å². The standard InChI is InChI=1S/C19H24N2O5S/c1-13-9-16(19(26-3)17(10-13)27(4,23)24)20-12-18(22)21-11-14-5-7-15(25-2)8-6-14/h5-10,20H,11-12H2,1-4H3,(H,21,22). The van der Waals surface area contributed by atoms with Gasteiger partial charge in [-0.2, -0.15) is 0 Å². The number of hydrogen-bond donors (Lipinski definition) is 2. The Kier molecular flexibility index (Phi) is 6.68. The predicted molar refractivity (Wildman–Crippen MR) is 104 cm³/mol. The normalized spacial score (nSPS) is 11.0. The van der Waals surface area contributed by atoms with E-state index in [2.05, 4.69) is 10.6 Å². The molecule has 2 aromatic carbocycles. The van der Waals surface area contributed by atoms with Gasteiger partial charge in [-0.1, -0.05) is 12.1 Å². The van der Waals surface area contributed by atoms with Crippen molar-refractivity contribution in [1.82, 2.24) is 5.32 Å². The second-order valence-electron chi connectivity index (χ2n) is 6.09. The van der Waals surface area contributed by atoms with Crippen molar-refractivity contribution in [2.75, 3.05) is 32.3 Å². The molecule has 0 saturated carbocycles. The molecule has 2 aromatic rings. The van der Waals surface area contributed by atoms with Crippen molar-refractivity contribution in [2.24, 2.45) is 0 Å². The summed E-state index contributed by atoms with van der Waals surface area (Å²) in [5.41, 5.74) is 2.14. The molecule has 0 saturated heterocycles. The minimum Gasteiger partial charge on any atom is -0.497 e. The first kappa shape index (κ1) is 20.6. The van der Waals surface area contributed by atoms with Crippen LogP contribution in [0, 0.1) is 6.92 Å². The van der Waals surface area contributed by atoms with Crippen molar-refractivity contribution in [2.45, 2.75) is 18.4 Å². The molecule has 27 heavy (non-hydrogen) atoms. The average Bonchev–Trinajstić information content (AvgIpc) is 2.63. The maximum atomic E-state index is 12.1. The van der Waals surface area contributed by atoms with Gasteiger partial charge in [0.05, 0.1) is 26.5 Å². The first-order chi connectivity index (χ1) is 12.7. The minimum absolute atomic E-state index is 0.0147. The molecular formula is C19H24N2O5S. The van der Waals surface area contributed by atoms with Crippen LogP contribution in [0.25, 0.3) is 0 Å². The highest BCUT2D eigenvalue weighted by Gasteiger charge is 2.19. The van der Waals surface area contributed by atoms with Crippen LogP contribution in [0.4, 0.5) is 5.69 Å². The van der Waals surface area contributed by atoms with E-state index in [-0.39, 0.29) is 23.1 Å².